The topological polar surface area (TPSA) is 38.8 Å². The molecule has 0 bridgehead atoms. The summed E-state index contributed by atoms with van der Waals surface area (Å²) in [4.78, 5) is 13.8. The maximum atomic E-state index is 11.4. The van der Waals surface area contributed by atoms with Crippen LogP contribution in [0, 0.1) is 0 Å². The van der Waals surface area contributed by atoms with Crippen LogP contribution in [0.15, 0.2) is 18.2 Å². The summed E-state index contributed by atoms with van der Waals surface area (Å²) in [7, 11) is 1.60. The summed E-state index contributed by atoms with van der Waals surface area (Å²) in [5.74, 6) is 1.40. The number of Topliss-reactive ketones (excluding diaryl/α,β-unsaturated/α-hetero) is 1. The molecule has 1 fully saturated rings. The fraction of sp³-hybridized carbons (Fsp3) is 0.562. The molecule has 1 aromatic carbocycles. The van der Waals surface area contributed by atoms with Crippen molar-refractivity contribution in [2.75, 3.05) is 26.7 Å². The lowest BCUT2D eigenvalue weighted by atomic mass is 10.1. The number of nitrogens with zero attached hydrogens (tertiary/aromatic N) is 1. The zero-order valence-corrected chi connectivity index (χ0v) is 12.5. The van der Waals surface area contributed by atoms with Gasteiger partial charge in [-0.3, -0.25) is 4.79 Å². The van der Waals surface area contributed by atoms with E-state index in [1.165, 1.54) is 0 Å². The Balaban J connectivity index is 2.04. The third kappa shape index (κ3) is 3.51. The lowest BCUT2D eigenvalue weighted by molar-refractivity contribution is 0.100. The molecule has 20 heavy (non-hydrogen) atoms. The predicted octanol–water partition coefficient (Wildman–Crippen LogP) is 2.76. The van der Waals surface area contributed by atoms with Crippen molar-refractivity contribution >= 4 is 5.78 Å². The molecule has 0 unspecified atom stereocenters. The number of methoxy groups -OCH3 is 1. The summed E-state index contributed by atoms with van der Waals surface area (Å²) in [5, 5.41) is 0. The number of carbonyl (C=O) groups excluding carboxylic acids is 1. The Kier molecular flexibility index (Phi) is 5.01. The first-order chi connectivity index (χ1) is 9.63. The van der Waals surface area contributed by atoms with Gasteiger partial charge in [-0.1, -0.05) is 6.92 Å². The molecule has 0 radical (unpaired) electrons. The summed E-state index contributed by atoms with van der Waals surface area (Å²) < 4.78 is 11.4. The van der Waals surface area contributed by atoms with Crippen LogP contribution in [-0.4, -0.2) is 43.5 Å². The van der Waals surface area contributed by atoms with Gasteiger partial charge < -0.3 is 14.4 Å². The second-order valence-corrected chi connectivity index (χ2v) is 5.17. The van der Waals surface area contributed by atoms with Crippen molar-refractivity contribution in [1.29, 1.82) is 0 Å². The minimum atomic E-state index is 0.0334. The third-order valence-electron chi connectivity index (χ3n) is 3.85. The molecule has 1 aromatic rings. The first kappa shape index (κ1) is 14.9. The third-order valence-corrected chi connectivity index (χ3v) is 3.85. The predicted molar refractivity (Wildman–Crippen MR) is 78.8 cm³/mol. The second kappa shape index (κ2) is 6.75. The molecule has 110 valence electrons. The van der Waals surface area contributed by atoms with Crippen LogP contribution in [-0.2, 0) is 0 Å². The second-order valence-electron chi connectivity index (χ2n) is 5.17. The molecule has 0 N–H and O–H groups in total. The molecule has 1 aliphatic heterocycles. The minimum absolute atomic E-state index is 0.0334. The molecule has 1 heterocycles. The number of piperidine rings is 1. The number of ether oxygens (including phenoxy) is 2. The van der Waals surface area contributed by atoms with Crippen molar-refractivity contribution in [3.63, 3.8) is 0 Å². The molecule has 2 rings (SSSR count). The Morgan fingerprint density at radius 2 is 2.00 bits per heavy atom. The number of hydrogen-bond acceptors (Lipinski definition) is 4. The van der Waals surface area contributed by atoms with Gasteiger partial charge >= 0.3 is 0 Å². The van der Waals surface area contributed by atoms with E-state index >= 15 is 0 Å². The summed E-state index contributed by atoms with van der Waals surface area (Å²) in [5.41, 5.74) is 0.648. The molecule has 0 amide bonds. The molecule has 4 heteroatoms. The highest BCUT2D eigenvalue weighted by Gasteiger charge is 2.20. The SMILES string of the molecule is CCN1CCC(Oc2ccc(C(C)=O)cc2OC)CC1. The van der Waals surface area contributed by atoms with Gasteiger partial charge in [0.15, 0.2) is 17.3 Å². The van der Waals surface area contributed by atoms with E-state index in [1.54, 1.807) is 26.2 Å². The quantitative estimate of drug-likeness (QED) is 0.776. The van der Waals surface area contributed by atoms with Gasteiger partial charge in [-0.2, -0.15) is 0 Å². The van der Waals surface area contributed by atoms with E-state index < -0.39 is 0 Å². The number of benzene rings is 1. The first-order valence-electron chi connectivity index (χ1n) is 7.22. The summed E-state index contributed by atoms with van der Waals surface area (Å²) in [6, 6.07) is 5.38. The van der Waals surface area contributed by atoms with Crippen molar-refractivity contribution in [3.05, 3.63) is 23.8 Å². The van der Waals surface area contributed by atoms with E-state index in [1.807, 2.05) is 6.07 Å². The van der Waals surface area contributed by atoms with Crippen LogP contribution < -0.4 is 9.47 Å². The van der Waals surface area contributed by atoms with Crippen LogP contribution in [0.3, 0.4) is 0 Å². The lowest BCUT2D eigenvalue weighted by Gasteiger charge is -2.31. The van der Waals surface area contributed by atoms with E-state index in [-0.39, 0.29) is 11.9 Å². The largest absolute Gasteiger partial charge is 0.493 e. The first-order valence-corrected chi connectivity index (χ1v) is 7.22. The van der Waals surface area contributed by atoms with Gasteiger partial charge in [0.25, 0.3) is 0 Å². The van der Waals surface area contributed by atoms with Crippen molar-refractivity contribution in [2.45, 2.75) is 32.8 Å². The molecule has 0 spiro atoms. The number of likely N-dealkylation sites (tertiary alicyclic amines) is 1. The van der Waals surface area contributed by atoms with E-state index in [4.69, 9.17) is 9.47 Å². The van der Waals surface area contributed by atoms with Gasteiger partial charge in [0.2, 0.25) is 0 Å². The van der Waals surface area contributed by atoms with Crippen LogP contribution in [0.25, 0.3) is 0 Å². The van der Waals surface area contributed by atoms with Gasteiger partial charge in [-0.15, -0.1) is 0 Å². The Morgan fingerprint density at radius 3 is 2.55 bits per heavy atom. The molecular weight excluding hydrogens is 254 g/mol. The van der Waals surface area contributed by atoms with Gasteiger partial charge in [-0.05, 0) is 44.5 Å². The molecule has 0 atom stereocenters. The average Bonchev–Trinajstić information content (AvgIpc) is 2.48. The van der Waals surface area contributed by atoms with Crippen LogP contribution in [0.1, 0.15) is 37.0 Å². The summed E-state index contributed by atoms with van der Waals surface area (Å²) >= 11 is 0. The average molecular weight is 277 g/mol. The van der Waals surface area contributed by atoms with E-state index in [0.29, 0.717) is 11.3 Å². The van der Waals surface area contributed by atoms with E-state index in [9.17, 15) is 4.79 Å². The smallest absolute Gasteiger partial charge is 0.161 e. The fourth-order valence-electron chi connectivity index (χ4n) is 2.51. The maximum absolute atomic E-state index is 11.4. The number of ketones is 1. The lowest BCUT2D eigenvalue weighted by Crippen LogP contribution is -2.38. The number of hydrogen-bond donors (Lipinski definition) is 0. The van der Waals surface area contributed by atoms with Crippen LogP contribution >= 0.6 is 0 Å². The van der Waals surface area contributed by atoms with Gasteiger partial charge in [0, 0.05) is 18.7 Å². The van der Waals surface area contributed by atoms with Gasteiger partial charge in [0.1, 0.15) is 6.10 Å². The molecule has 1 saturated heterocycles. The van der Waals surface area contributed by atoms with Gasteiger partial charge in [-0.25, -0.2) is 0 Å². The number of rotatable bonds is 5. The summed E-state index contributed by atoms with van der Waals surface area (Å²) in [6.07, 6.45) is 2.30. The Hall–Kier alpha value is -1.55. The van der Waals surface area contributed by atoms with Crippen LogP contribution in [0.4, 0.5) is 0 Å². The Labute approximate surface area is 120 Å². The minimum Gasteiger partial charge on any atom is -0.493 e. The Morgan fingerprint density at radius 1 is 1.30 bits per heavy atom. The van der Waals surface area contributed by atoms with Crippen LogP contribution in [0.2, 0.25) is 0 Å². The van der Waals surface area contributed by atoms with Crippen molar-refractivity contribution < 1.29 is 14.3 Å². The van der Waals surface area contributed by atoms with E-state index in [0.717, 1.165) is 38.2 Å². The zero-order valence-electron chi connectivity index (χ0n) is 12.5. The number of carbonyl (C=O) groups is 1. The summed E-state index contributed by atoms with van der Waals surface area (Å²) in [6.45, 7) is 6.99. The van der Waals surface area contributed by atoms with E-state index in [2.05, 4.69) is 11.8 Å². The highest BCUT2D eigenvalue weighted by Crippen LogP contribution is 2.30. The van der Waals surface area contributed by atoms with Crippen LogP contribution in [0.5, 0.6) is 11.5 Å². The zero-order chi connectivity index (χ0) is 14.5. The highest BCUT2D eigenvalue weighted by molar-refractivity contribution is 5.94. The standard InChI is InChI=1S/C16H23NO3/c1-4-17-9-7-14(8-10-17)20-15-6-5-13(12(2)18)11-16(15)19-3/h5-6,11,14H,4,7-10H2,1-3H3. The van der Waals surface area contributed by atoms with Crippen molar-refractivity contribution in [3.8, 4) is 11.5 Å². The molecule has 0 aliphatic carbocycles. The molecular formula is C16H23NO3. The normalized spacial score (nSPS) is 16.9. The van der Waals surface area contributed by atoms with Crippen molar-refractivity contribution in [1.82, 2.24) is 4.90 Å². The van der Waals surface area contributed by atoms with Crippen molar-refractivity contribution in [2.24, 2.45) is 0 Å². The fourth-order valence-corrected chi connectivity index (χ4v) is 2.51. The molecule has 4 nitrogen and oxygen atoms in total. The Bertz CT molecular complexity index is 465. The van der Waals surface area contributed by atoms with Gasteiger partial charge in [0.05, 0.1) is 7.11 Å². The highest BCUT2D eigenvalue weighted by atomic mass is 16.5. The maximum Gasteiger partial charge on any atom is 0.161 e. The monoisotopic (exact) mass is 277 g/mol. The molecule has 0 aromatic heterocycles. The molecule has 1 aliphatic rings. The molecule has 0 saturated carbocycles.